The fourth-order valence-electron chi connectivity index (χ4n) is 2.00. The molecule has 116 valence electrons. The molecule has 2 N–H and O–H groups in total. The van der Waals surface area contributed by atoms with Crippen LogP contribution in [0.2, 0.25) is 10.0 Å². The minimum atomic E-state index is -0.245. The van der Waals surface area contributed by atoms with Crippen LogP contribution in [0.15, 0.2) is 29.5 Å². The minimum Gasteiger partial charge on any atom is -0.493 e. The number of carbonyl (C=O) groups excluding carboxylic acids is 1. The number of pyridine rings is 2. The fraction of sp³-hybridized carbons (Fsp3) is 0.214. The number of nitrogen functional groups attached to an aromatic ring is 1. The summed E-state index contributed by atoms with van der Waals surface area (Å²) in [6, 6.07) is 3.20. The second-order valence-electron chi connectivity index (χ2n) is 4.39. The molecule has 0 unspecified atom stereocenters. The van der Waals surface area contributed by atoms with E-state index < -0.39 is 0 Å². The van der Waals surface area contributed by atoms with Crippen LogP contribution in [0.1, 0.15) is 16.1 Å². The highest BCUT2D eigenvalue weighted by atomic mass is 35.5. The number of rotatable bonds is 4. The molecule has 2 heterocycles. The molecule has 0 saturated carbocycles. The number of ether oxygens (including phenoxy) is 1. The van der Waals surface area contributed by atoms with Crippen molar-refractivity contribution >= 4 is 29.0 Å². The molecule has 2 aromatic heterocycles. The second kappa shape index (κ2) is 6.81. The lowest BCUT2D eigenvalue weighted by Crippen LogP contribution is -2.34. The third-order valence-corrected chi connectivity index (χ3v) is 3.76. The lowest BCUT2D eigenvalue weighted by atomic mass is 10.1. The zero-order valence-corrected chi connectivity index (χ0v) is 13.5. The first-order valence-electron chi connectivity index (χ1n) is 6.28. The van der Waals surface area contributed by atoms with Gasteiger partial charge in [0.15, 0.2) is 17.0 Å². The van der Waals surface area contributed by atoms with Crippen LogP contribution in [0.3, 0.4) is 0 Å². The van der Waals surface area contributed by atoms with E-state index in [4.69, 9.17) is 33.8 Å². The Kier molecular flexibility index (Phi) is 5.05. The van der Waals surface area contributed by atoms with Gasteiger partial charge < -0.3 is 10.6 Å². The van der Waals surface area contributed by atoms with Crippen molar-refractivity contribution in [2.45, 2.75) is 6.42 Å². The maximum Gasteiger partial charge on any atom is 0.189 e. The normalized spacial score (nSPS) is 11.5. The summed E-state index contributed by atoms with van der Waals surface area (Å²) in [5, 5.41) is 0.664. The van der Waals surface area contributed by atoms with E-state index in [2.05, 4.69) is 9.98 Å². The number of hydrogen-bond acceptors (Lipinski definition) is 5. The van der Waals surface area contributed by atoms with Crippen LogP contribution in [0, 0.1) is 0 Å². The Labute approximate surface area is 137 Å². The van der Waals surface area contributed by atoms with Crippen LogP contribution in [-0.4, -0.2) is 29.6 Å². The monoisotopic (exact) mass is 340 g/mol. The number of Topliss-reactive ketones (excluding diaryl/α,β-unsaturated/α-hetero) is 1. The van der Waals surface area contributed by atoms with E-state index in [1.54, 1.807) is 19.2 Å². The number of halogens is 2. The number of carbonyl (C=O) groups is 1. The van der Waals surface area contributed by atoms with Crippen molar-refractivity contribution in [3.63, 3.8) is 0 Å². The van der Waals surface area contributed by atoms with Gasteiger partial charge in [-0.15, -0.1) is 0 Å². The van der Waals surface area contributed by atoms with Crippen molar-refractivity contribution in [2.24, 2.45) is 4.99 Å². The van der Waals surface area contributed by atoms with Gasteiger partial charge in [-0.3, -0.25) is 14.8 Å². The molecule has 0 amide bonds. The molecule has 0 aliphatic heterocycles. The number of nitrogens with zero attached hydrogens (tertiary/aromatic N) is 3. The van der Waals surface area contributed by atoms with E-state index in [9.17, 15) is 4.79 Å². The number of hydrogen-bond donors (Lipinski definition) is 1. The van der Waals surface area contributed by atoms with Gasteiger partial charge in [-0.2, -0.15) is 0 Å². The van der Waals surface area contributed by atoms with E-state index >= 15 is 0 Å². The summed E-state index contributed by atoms with van der Waals surface area (Å²) in [6.45, 7) is 0. The molecule has 0 aliphatic rings. The Morgan fingerprint density at radius 2 is 2.00 bits per heavy atom. The largest absolute Gasteiger partial charge is 0.493 e. The molecule has 0 aromatic carbocycles. The molecular weight excluding hydrogens is 327 g/mol. The van der Waals surface area contributed by atoms with Crippen LogP contribution in [-0.2, 0) is 6.42 Å². The van der Waals surface area contributed by atoms with Crippen LogP contribution >= 0.6 is 23.2 Å². The molecule has 0 aliphatic carbocycles. The molecule has 0 bridgehead atoms. The lowest BCUT2D eigenvalue weighted by molar-refractivity contribution is 0.0984. The molecule has 0 fully saturated rings. The Balaban J connectivity index is 2.43. The highest BCUT2D eigenvalue weighted by Gasteiger charge is 2.17. The Hall–Kier alpha value is -2.05. The van der Waals surface area contributed by atoms with E-state index in [0.29, 0.717) is 26.8 Å². The fourth-order valence-corrected chi connectivity index (χ4v) is 2.50. The van der Waals surface area contributed by atoms with Gasteiger partial charge in [0.1, 0.15) is 5.69 Å². The van der Waals surface area contributed by atoms with Crippen molar-refractivity contribution in [1.82, 2.24) is 9.66 Å². The summed E-state index contributed by atoms with van der Waals surface area (Å²) in [5.74, 6) is 6.17. The number of ketones is 1. The average molecular weight is 341 g/mol. The Bertz CT molecular complexity index is 767. The topological polar surface area (TPSA) is 82.5 Å². The maximum atomic E-state index is 12.5. The SMILES string of the molecule is CN=c1c(OC)ccc(C(=O)Cc2c(Cl)cncc2Cl)n1N. The molecule has 0 atom stereocenters. The molecule has 0 spiro atoms. The third kappa shape index (κ3) is 3.08. The summed E-state index contributed by atoms with van der Waals surface area (Å²) in [7, 11) is 3.06. The minimum absolute atomic E-state index is 0.00682. The first-order chi connectivity index (χ1) is 10.5. The summed E-state index contributed by atoms with van der Waals surface area (Å²) < 4.78 is 6.34. The number of aromatic nitrogens is 2. The van der Waals surface area contributed by atoms with E-state index in [-0.39, 0.29) is 17.9 Å². The Morgan fingerprint density at radius 1 is 1.36 bits per heavy atom. The number of methoxy groups -OCH3 is 1. The van der Waals surface area contributed by atoms with Crippen LogP contribution in [0.25, 0.3) is 0 Å². The summed E-state index contributed by atoms with van der Waals surface area (Å²) in [4.78, 5) is 20.4. The van der Waals surface area contributed by atoms with E-state index in [0.717, 1.165) is 0 Å². The molecule has 0 saturated heterocycles. The van der Waals surface area contributed by atoms with Gasteiger partial charge in [-0.1, -0.05) is 23.2 Å². The molecule has 6 nitrogen and oxygen atoms in total. The van der Waals surface area contributed by atoms with Gasteiger partial charge in [0.2, 0.25) is 0 Å². The summed E-state index contributed by atoms with van der Waals surface area (Å²) >= 11 is 12.1. The highest BCUT2D eigenvalue weighted by molar-refractivity contribution is 6.36. The van der Waals surface area contributed by atoms with Crippen LogP contribution in [0.5, 0.6) is 5.75 Å². The standard InChI is InChI=1S/C14H14Cl2N4O2/c1-18-14-13(22-2)4-3-11(20(14)17)12(21)5-8-9(15)6-19-7-10(8)16/h3-4,6-7H,5,17H2,1-2H3. The highest BCUT2D eigenvalue weighted by Crippen LogP contribution is 2.24. The van der Waals surface area contributed by atoms with Gasteiger partial charge in [0.25, 0.3) is 0 Å². The number of nitrogens with two attached hydrogens (primary N) is 1. The zero-order chi connectivity index (χ0) is 16.3. The quantitative estimate of drug-likeness (QED) is 0.680. The maximum absolute atomic E-state index is 12.5. The van der Waals surface area contributed by atoms with Gasteiger partial charge in [-0.25, -0.2) is 4.68 Å². The van der Waals surface area contributed by atoms with Gasteiger partial charge >= 0.3 is 0 Å². The molecule has 2 rings (SSSR count). The molecule has 22 heavy (non-hydrogen) atoms. The smallest absolute Gasteiger partial charge is 0.189 e. The van der Waals surface area contributed by atoms with E-state index in [1.807, 2.05) is 0 Å². The summed E-state index contributed by atoms with van der Waals surface area (Å²) in [5.41, 5.74) is 1.14. The van der Waals surface area contributed by atoms with E-state index in [1.165, 1.54) is 24.2 Å². The Morgan fingerprint density at radius 3 is 2.55 bits per heavy atom. The first kappa shape index (κ1) is 16.3. The average Bonchev–Trinajstić information content (AvgIpc) is 2.50. The molecule has 0 radical (unpaired) electrons. The predicted molar refractivity (Wildman–Crippen MR) is 84.9 cm³/mol. The van der Waals surface area contributed by atoms with Gasteiger partial charge in [-0.05, 0) is 12.1 Å². The van der Waals surface area contributed by atoms with Crippen molar-refractivity contribution in [3.8, 4) is 5.75 Å². The third-order valence-electron chi connectivity index (χ3n) is 3.11. The van der Waals surface area contributed by atoms with Crippen molar-refractivity contribution < 1.29 is 9.53 Å². The molecule has 2 aromatic rings. The van der Waals surface area contributed by atoms with Gasteiger partial charge in [0, 0.05) is 31.4 Å². The van der Waals surface area contributed by atoms with Crippen molar-refractivity contribution in [2.75, 3.05) is 20.0 Å². The van der Waals surface area contributed by atoms with Crippen molar-refractivity contribution in [3.05, 3.63) is 51.3 Å². The molecule has 8 heteroatoms. The second-order valence-corrected chi connectivity index (χ2v) is 5.20. The van der Waals surface area contributed by atoms with Crippen LogP contribution in [0.4, 0.5) is 0 Å². The van der Waals surface area contributed by atoms with Gasteiger partial charge in [0.05, 0.1) is 17.2 Å². The molecular formula is C14H14Cl2N4O2. The first-order valence-corrected chi connectivity index (χ1v) is 7.04. The zero-order valence-electron chi connectivity index (χ0n) is 12.0. The predicted octanol–water partition coefficient (Wildman–Crippen LogP) is 1.87. The summed E-state index contributed by atoms with van der Waals surface area (Å²) in [6.07, 6.45) is 2.88. The van der Waals surface area contributed by atoms with Crippen LogP contribution < -0.4 is 16.1 Å². The van der Waals surface area contributed by atoms with Crippen molar-refractivity contribution in [1.29, 1.82) is 0 Å². The lowest BCUT2D eigenvalue weighted by Gasteiger charge is -2.12.